The molecule has 3 nitrogen and oxygen atoms in total. The quantitative estimate of drug-likeness (QED) is 0.590. The standard InChI is InChI=1S/C13H9FO3/c1-17-13(16)8-2-4-10-11(6-8)9(7-15)3-5-12(10)14/h2-7H,1H3. The Morgan fingerprint density at radius 3 is 2.65 bits per heavy atom. The molecule has 0 fully saturated rings. The van der Waals surface area contributed by atoms with Crippen LogP contribution in [0.2, 0.25) is 0 Å². The monoisotopic (exact) mass is 232 g/mol. The van der Waals surface area contributed by atoms with Gasteiger partial charge in [0.05, 0.1) is 12.7 Å². The Morgan fingerprint density at radius 1 is 1.24 bits per heavy atom. The number of esters is 1. The molecule has 0 unspecified atom stereocenters. The third-order valence-electron chi connectivity index (χ3n) is 2.55. The Bertz CT molecular complexity index is 605. The maximum absolute atomic E-state index is 13.5. The third-order valence-corrected chi connectivity index (χ3v) is 2.55. The molecule has 17 heavy (non-hydrogen) atoms. The molecular weight excluding hydrogens is 223 g/mol. The Labute approximate surface area is 96.8 Å². The van der Waals surface area contributed by atoms with Gasteiger partial charge in [0.15, 0.2) is 6.29 Å². The number of methoxy groups -OCH3 is 1. The Morgan fingerprint density at radius 2 is 2.00 bits per heavy atom. The highest BCUT2D eigenvalue weighted by molar-refractivity contribution is 6.02. The van der Waals surface area contributed by atoms with Crippen LogP contribution in [-0.2, 0) is 4.74 Å². The summed E-state index contributed by atoms with van der Waals surface area (Å²) in [4.78, 5) is 22.2. The van der Waals surface area contributed by atoms with Crippen molar-refractivity contribution in [3.63, 3.8) is 0 Å². The van der Waals surface area contributed by atoms with Crippen molar-refractivity contribution in [3.05, 3.63) is 47.3 Å². The van der Waals surface area contributed by atoms with Crippen molar-refractivity contribution in [1.29, 1.82) is 0 Å². The summed E-state index contributed by atoms with van der Waals surface area (Å²) in [5.74, 6) is -0.949. The number of hydrogen-bond acceptors (Lipinski definition) is 3. The van der Waals surface area contributed by atoms with Crippen molar-refractivity contribution in [2.24, 2.45) is 0 Å². The molecule has 0 amide bonds. The van der Waals surface area contributed by atoms with Gasteiger partial charge in [0.2, 0.25) is 0 Å². The molecule has 0 spiro atoms. The van der Waals surface area contributed by atoms with Crippen LogP contribution in [0.15, 0.2) is 30.3 Å². The molecule has 0 aliphatic carbocycles. The maximum atomic E-state index is 13.5. The summed E-state index contributed by atoms with van der Waals surface area (Å²) < 4.78 is 18.1. The summed E-state index contributed by atoms with van der Waals surface area (Å²) >= 11 is 0. The molecule has 0 saturated heterocycles. The molecule has 2 aromatic carbocycles. The fourth-order valence-electron chi connectivity index (χ4n) is 1.68. The van der Waals surface area contributed by atoms with Crippen molar-refractivity contribution < 1.29 is 18.7 Å². The molecule has 0 radical (unpaired) electrons. The van der Waals surface area contributed by atoms with Crippen LogP contribution in [0.25, 0.3) is 10.8 Å². The van der Waals surface area contributed by atoms with Crippen molar-refractivity contribution in [1.82, 2.24) is 0 Å². The van der Waals surface area contributed by atoms with E-state index >= 15 is 0 Å². The fraction of sp³-hybridized carbons (Fsp3) is 0.0769. The number of hydrogen-bond donors (Lipinski definition) is 0. The highest BCUT2D eigenvalue weighted by Crippen LogP contribution is 2.22. The second-order valence-electron chi connectivity index (χ2n) is 3.51. The van der Waals surface area contributed by atoms with E-state index in [-0.39, 0.29) is 5.56 Å². The lowest BCUT2D eigenvalue weighted by atomic mass is 10.0. The van der Waals surface area contributed by atoms with E-state index in [1.807, 2.05) is 0 Å². The van der Waals surface area contributed by atoms with Crippen LogP contribution in [0.1, 0.15) is 20.7 Å². The Balaban J connectivity index is 2.74. The number of halogens is 1. The fourth-order valence-corrected chi connectivity index (χ4v) is 1.68. The average molecular weight is 232 g/mol. The molecule has 0 heterocycles. The number of fused-ring (bicyclic) bond motifs is 1. The Hall–Kier alpha value is -2.23. The van der Waals surface area contributed by atoms with E-state index in [4.69, 9.17) is 0 Å². The predicted octanol–water partition coefficient (Wildman–Crippen LogP) is 2.58. The minimum atomic E-state index is -0.520. The number of carbonyl (C=O) groups excluding carboxylic acids is 2. The van der Waals surface area contributed by atoms with Crippen LogP contribution in [-0.4, -0.2) is 19.4 Å². The molecule has 0 saturated carbocycles. The van der Waals surface area contributed by atoms with Crippen molar-refractivity contribution in [2.45, 2.75) is 0 Å². The van der Waals surface area contributed by atoms with E-state index in [1.54, 1.807) is 0 Å². The van der Waals surface area contributed by atoms with Crippen LogP contribution in [0.4, 0.5) is 4.39 Å². The molecule has 2 aromatic rings. The molecular formula is C13H9FO3. The summed E-state index contributed by atoms with van der Waals surface area (Å²) in [6.07, 6.45) is 0.628. The zero-order valence-electron chi connectivity index (χ0n) is 9.07. The average Bonchev–Trinajstić information content (AvgIpc) is 2.38. The van der Waals surface area contributed by atoms with Gasteiger partial charge in [-0.25, -0.2) is 9.18 Å². The molecule has 86 valence electrons. The zero-order valence-corrected chi connectivity index (χ0v) is 9.07. The number of aldehydes is 1. The van der Waals surface area contributed by atoms with E-state index in [0.717, 1.165) is 0 Å². The number of ether oxygens (including phenoxy) is 1. The smallest absolute Gasteiger partial charge is 0.337 e. The van der Waals surface area contributed by atoms with Gasteiger partial charge in [0, 0.05) is 10.9 Å². The van der Waals surface area contributed by atoms with Gasteiger partial charge in [-0.2, -0.15) is 0 Å². The molecule has 0 N–H and O–H groups in total. The second-order valence-corrected chi connectivity index (χ2v) is 3.51. The maximum Gasteiger partial charge on any atom is 0.337 e. The third kappa shape index (κ3) is 1.89. The molecule has 4 heteroatoms. The van der Waals surface area contributed by atoms with Crippen molar-refractivity contribution in [2.75, 3.05) is 7.11 Å². The summed E-state index contributed by atoms with van der Waals surface area (Å²) in [5, 5.41) is 0.713. The predicted molar refractivity (Wildman–Crippen MR) is 60.6 cm³/mol. The van der Waals surface area contributed by atoms with E-state index in [1.165, 1.54) is 37.4 Å². The van der Waals surface area contributed by atoms with Crippen molar-refractivity contribution in [3.8, 4) is 0 Å². The van der Waals surface area contributed by atoms with Crippen LogP contribution in [0, 0.1) is 5.82 Å². The largest absolute Gasteiger partial charge is 0.465 e. The highest BCUT2D eigenvalue weighted by atomic mass is 19.1. The van der Waals surface area contributed by atoms with Gasteiger partial charge >= 0.3 is 5.97 Å². The van der Waals surface area contributed by atoms with Crippen LogP contribution < -0.4 is 0 Å². The first kappa shape index (κ1) is 11.3. The molecule has 0 aliphatic heterocycles. The van der Waals surface area contributed by atoms with Gasteiger partial charge in [-0.15, -0.1) is 0 Å². The van der Waals surface area contributed by atoms with E-state index in [2.05, 4.69) is 4.74 Å². The molecule has 0 aliphatic rings. The highest BCUT2D eigenvalue weighted by Gasteiger charge is 2.10. The molecule has 0 atom stereocenters. The van der Waals surface area contributed by atoms with Gasteiger partial charge in [0.25, 0.3) is 0 Å². The number of benzene rings is 2. The first-order valence-corrected chi connectivity index (χ1v) is 4.93. The first-order chi connectivity index (χ1) is 8.17. The number of carbonyl (C=O) groups is 2. The van der Waals surface area contributed by atoms with Crippen LogP contribution >= 0.6 is 0 Å². The Kier molecular flexibility index (Phi) is 2.87. The van der Waals surface area contributed by atoms with E-state index < -0.39 is 11.8 Å². The van der Waals surface area contributed by atoms with Crippen molar-refractivity contribution >= 4 is 23.0 Å². The first-order valence-electron chi connectivity index (χ1n) is 4.93. The minimum absolute atomic E-state index is 0.286. The van der Waals surface area contributed by atoms with Gasteiger partial charge in [-0.05, 0) is 29.7 Å². The van der Waals surface area contributed by atoms with E-state index in [9.17, 15) is 14.0 Å². The van der Waals surface area contributed by atoms with E-state index in [0.29, 0.717) is 22.6 Å². The lowest BCUT2D eigenvalue weighted by Gasteiger charge is -2.05. The summed E-state index contributed by atoms with van der Waals surface area (Å²) in [6.45, 7) is 0. The summed E-state index contributed by atoms with van der Waals surface area (Å²) in [7, 11) is 1.26. The molecule has 0 aromatic heterocycles. The van der Waals surface area contributed by atoms with Gasteiger partial charge < -0.3 is 4.74 Å². The normalized spacial score (nSPS) is 10.2. The second kappa shape index (κ2) is 4.33. The summed E-state index contributed by atoms with van der Waals surface area (Å²) in [5.41, 5.74) is 0.626. The lowest BCUT2D eigenvalue weighted by Crippen LogP contribution is -2.01. The zero-order chi connectivity index (χ0) is 12.4. The van der Waals surface area contributed by atoms with Gasteiger partial charge in [0.1, 0.15) is 5.82 Å². The molecule has 0 bridgehead atoms. The molecule has 2 rings (SSSR count). The number of rotatable bonds is 2. The summed E-state index contributed by atoms with van der Waals surface area (Å²) in [6, 6.07) is 6.99. The minimum Gasteiger partial charge on any atom is -0.465 e. The lowest BCUT2D eigenvalue weighted by molar-refractivity contribution is 0.0600. The van der Waals surface area contributed by atoms with Gasteiger partial charge in [-0.3, -0.25) is 4.79 Å². The van der Waals surface area contributed by atoms with Crippen LogP contribution in [0.5, 0.6) is 0 Å². The SMILES string of the molecule is COC(=O)c1ccc2c(F)ccc(C=O)c2c1. The topological polar surface area (TPSA) is 43.4 Å². The van der Waals surface area contributed by atoms with Crippen LogP contribution in [0.3, 0.4) is 0 Å². The van der Waals surface area contributed by atoms with Gasteiger partial charge in [-0.1, -0.05) is 6.07 Å².